The lowest BCUT2D eigenvalue weighted by Gasteiger charge is -2.35. The van der Waals surface area contributed by atoms with E-state index in [4.69, 9.17) is 0 Å². The number of rotatable bonds is 4. The summed E-state index contributed by atoms with van der Waals surface area (Å²) in [7, 11) is 0. The number of aromatic nitrogens is 1. The van der Waals surface area contributed by atoms with Crippen LogP contribution in [0.15, 0.2) is 30.5 Å². The molecule has 1 aliphatic heterocycles. The van der Waals surface area contributed by atoms with Gasteiger partial charge in [0.05, 0.1) is 0 Å². The maximum absolute atomic E-state index is 3.71. The molecular weight excluding hydrogens is 246 g/mol. The number of benzene rings is 1. The third-order valence-corrected chi connectivity index (χ3v) is 4.47. The number of hydrogen-bond donors (Lipinski definition) is 2. The minimum Gasteiger partial charge on any atom is -0.361 e. The van der Waals surface area contributed by atoms with Gasteiger partial charge in [0.2, 0.25) is 0 Å². The lowest BCUT2D eigenvalue weighted by molar-refractivity contribution is 0.161. The summed E-state index contributed by atoms with van der Waals surface area (Å²) in [6.07, 6.45) is 4.54. The first kappa shape index (κ1) is 13.7. The molecule has 0 unspecified atom stereocenters. The molecule has 0 bridgehead atoms. The quantitative estimate of drug-likeness (QED) is 0.895. The number of nitrogens with zero attached hydrogens (tertiary/aromatic N) is 1. The van der Waals surface area contributed by atoms with Crippen LogP contribution in [0.25, 0.3) is 10.9 Å². The minimum atomic E-state index is 0.671. The Morgan fingerprint density at radius 1 is 1.25 bits per heavy atom. The molecule has 2 N–H and O–H groups in total. The van der Waals surface area contributed by atoms with E-state index in [2.05, 4.69) is 53.3 Å². The van der Waals surface area contributed by atoms with Crippen molar-refractivity contribution in [3.05, 3.63) is 36.0 Å². The Labute approximate surface area is 121 Å². The van der Waals surface area contributed by atoms with Gasteiger partial charge >= 0.3 is 0 Å². The van der Waals surface area contributed by atoms with Gasteiger partial charge in [0, 0.05) is 30.3 Å². The molecule has 1 aromatic heterocycles. The van der Waals surface area contributed by atoms with Gasteiger partial charge in [0.25, 0.3) is 0 Å². The van der Waals surface area contributed by atoms with Crippen molar-refractivity contribution in [3.8, 4) is 0 Å². The third-order valence-electron chi connectivity index (χ3n) is 4.47. The van der Waals surface area contributed by atoms with Crippen LogP contribution in [0, 0.1) is 0 Å². The molecule has 0 saturated carbocycles. The maximum atomic E-state index is 3.71. The number of hydrogen-bond acceptors (Lipinski definition) is 2. The first-order chi connectivity index (χ1) is 9.72. The molecule has 0 amide bonds. The predicted octanol–water partition coefficient (Wildman–Crippen LogP) is 3.13. The highest BCUT2D eigenvalue weighted by atomic mass is 15.2. The van der Waals surface area contributed by atoms with Crippen molar-refractivity contribution in [2.45, 2.75) is 45.3 Å². The molecule has 1 aromatic carbocycles. The van der Waals surface area contributed by atoms with Crippen LogP contribution in [0.2, 0.25) is 0 Å². The molecule has 3 nitrogen and oxygen atoms in total. The van der Waals surface area contributed by atoms with Crippen LogP contribution < -0.4 is 5.32 Å². The smallest absolute Gasteiger partial charge is 0.0457 e. The second kappa shape index (κ2) is 5.98. The largest absolute Gasteiger partial charge is 0.361 e. The molecular formula is C17H25N3. The molecule has 3 rings (SSSR count). The molecule has 0 radical (unpaired) electrons. The van der Waals surface area contributed by atoms with Crippen LogP contribution in [-0.2, 0) is 6.54 Å². The molecule has 1 saturated heterocycles. The highest BCUT2D eigenvalue weighted by Crippen LogP contribution is 2.16. The zero-order valence-electron chi connectivity index (χ0n) is 12.5. The summed E-state index contributed by atoms with van der Waals surface area (Å²) in [5, 5.41) is 5.00. The van der Waals surface area contributed by atoms with Crippen LogP contribution in [0.4, 0.5) is 0 Å². The maximum Gasteiger partial charge on any atom is 0.0457 e. The van der Waals surface area contributed by atoms with Gasteiger partial charge in [-0.15, -0.1) is 0 Å². The fourth-order valence-corrected chi connectivity index (χ4v) is 3.09. The molecule has 0 aliphatic carbocycles. The number of fused-ring (bicyclic) bond motifs is 1. The molecule has 1 aliphatic rings. The number of likely N-dealkylation sites (tertiary alicyclic amines) is 1. The van der Waals surface area contributed by atoms with E-state index in [9.17, 15) is 0 Å². The summed E-state index contributed by atoms with van der Waals surface area (Å²) < 4.78 is 0. The summed E-state index contributed by atoms with van der Waals surface area (Å²) in [4.78, 5) is 5.85. The standard InChI is InChI=1S/C17H25N3/c1-13(2)20-9-6-16(7-10-20)19-12-14-3-4-15-5-8-18-17(15)11-14/h3-5,8,11,13,16,18-19H,6-7,9-10,12H2,1-2H3. The van der Waals surface area contributed by atoms with Crippen LogP contribution >= 0.6 is 0 Å². The number of nitrogens with one attached hydrogen (secondary N) is 2. The summed E-state index contributed by atoms with van der Waals surface area (Å²) >= 11 is 0. The lowest BCUT2D eigenvalue weighted by Crippen LogP contribution is -2.44. The zero-order valence-corrected chi connectivity index (χ0v) is 12.5. The van der Waals surface area contributed by atoms with Crippen LogP contribution in [0.3, 0.4) is 0 Å². The second-order valence-corrected chi connectivity index (χ2v) is 6.18. The van der Waals surface area contributed by atoms with Gasteiger partial charge in [-0.25, -0.2) is 0 Å². The van der Waals surface area contributed by atoms with E-state index >= 15 is 0 Å². The van der Waals surface area contributed by atoms with Crippen molar-refractivity contribution in [2.24, 2.45) is 0 Å². The summed E-state index contributed by atoms with van der Waals surface area (Å²) in [5.74, 6) is 0. The van der Waals surface area contributed by atoms with Crippen molar-refractivity contribution in [1.82, 2.24) is 15.2 Å². The van der Waals surface area contributed by atoms with E-state index in [1.165, 1.54) is 42.4 Å². The van der Waals surface area contributed by atoms with Crippen LogP contribution in [0.5, 0.6) is 0 Å². The average Bonchev–Trinajstić information content (AvgIpc) is 2.93. The fraction of sp³-hybridized carbons (Fsp3) is 0.529. The second-order valence-electron chi connectivity index (χ2n) is 6.18. The molecule has 2 heterocycles. The summed E-state index contributed by atoms with van der Waals surface area (Å²) in [6.45, 7) is 8.01. The molecule has 1 fully saturated rings. The molecule has 0 atom stereocenters. The van der Waals surface area contributed by atoms with Gasteiger partial charge in [0.15, 0.2) is 0 Å². The number of H-pyrrole nitrogens is 1. The van der Waals surface area contributed by atoms with Gasteiger partial charge in [-0.3, -0.25) is 0 Å². The van der Waals surface area contributed by atoms with E-state index in [0.717, 1.165) is 6.54 Å². The van der Waals surface area contributed by atoms with Gasteiger partial charge in [0.1, 0.15) is 0 Å². The highest BCUT2D eigenvalue weighted by Gasteiger charge is 2.20. The molecule has 108 valence electrons. The van der Waals surface area contributed by atoms with Crippen molar-refractivity contribution in [3.63, 3.8) is 0 Å². The average molecular weight is 271 g/mol. The predicted molar refractivity (Wildman–Crippen MR) is 84.9 cm³/mol. The topological polar surface area (TPSA) is 31.1 Å². The van der Waals surface area contributed by atoms with Crippen LogP contribution in [0.1, 0.15) is 32.3 Å². The molecule has 20 heavy (non-hydrogen) atoms. The van der Waals surface area contributed by atoms with Crippen LogP contribution in [-0.4, -0.2) is 35.1 Å². The Bertz CT molecular complexity index is 550. The van der Waals surface area contributed by atoms with Gasteiger partial charge in [-0.05, 0) is 62.9 Å². The fourth-order valence-electron chi connectivity index (χ4n) is 3.09. The molecule has 2 aromatic rings. The van der Waals surface area contributed by atoms with E-state index < -0.39 is 0 Å². The van der Waals surface area contributed by atoms with Crippen molar-refractivity contribution >= 4 is 10.9 Å². The first-order valence-corrected chi connectivity index (χ1v) is 7.76. The van der Waals surface area contributed by atoms with E-state index in [1.807, 2.05) is 6.20 Å². The normalized spacial score (nSPS) is 18.1. The van der Waals surface area contributed by atoms with Gasteiger partial charge in [-0.1, -0.05) is 12.1 Å². The summed E-state index contributed by atoms with van der Waals surface area (Å²) in [6, 6.07) is 10.2. The van der Waals surface area contributed by atoms with Gasteiger partial charge in [-0.2, -0.15) is 0 Å². The summed E-state index contributed by atoms with van der Waals surface area (Å²) in [5.41, 5.74) is 2.60. The Morgan fingerprint density at radius 2 is 2.05 bits per heavy atom. The Balaban J connectivity index is 1.52. The Kier molecular flexibility index (Phi) is 4.08. The number of aromatic amines is 1. The Hall–Kier alpha value is -1.32. The first-order valence-electron chi connectivity index (χ1n) is 7.76. The van der Waals surface area contributed by atoms with E-state index in [-0.39, 0.29) is 0 Å². The third kappa shape index (κ3) is 3.05. The zero-order chi connectivity index (χ0) is 13.9. The molecule has 3 heteroatoms. The minimum absolute atomic E-state index is 0.671. The van der Waals surface area contributed by atoms with E-state index in [1.54, 1.807) is 0 Å². The van der Waals surface area contributed by atoms with Crippen molar-refractivity contribution in [2.75, 3.05) is 13.1 Å². The van der Waals surface area contributed by atoms with Crippen molar-refractivity contribution in [1.29, 1.82) is 0 Å². The van der Waals surface area contributed by atoms with E-state index in [0.29, 0.717) is 12.1 Å². The van der Waals surface area contributed by atoms with Gasteiger partial charge < -0.3 is 15.2 Å². The SMILES string of the molecule is CC(C)N1CCC(NCc2ccc3cc[nH]c3c2)CC1. The molecule has 0 spiro atoms. The number of piperidine rings is 1. The lowest BCUT2D eigenvalue weighted by atomic mass is 10.0. The monoisotopic (exact) mass is 271 g/mol. The van der Waals surface area contributed by atoms with Crippen molar-refractivity contribution < 1.29 is 0 Å². The highest BCUT2D eigenvalue weighted by molar-refractivity contribution is 5.79. The Morgan fingerprint density at radius 3 is 2.80 bits per heavy atom.